The number of aromatic amines is 1. The molecule has 43 heavy (non-hydrogen) atoms. The number of ether oxygens (including phenoxy) is 1. The van der Waals surface area contributed by atoms with Gasteiger partial charge in [-0.15, -0.1) is 0 Å². The normalized spacial score (nSPS) is 18.1. The number of fused-ring (bicyclic) bond motifs is 1. The molecule has 0 saturated carbocycles. The van der Waals surface area contributed by atoms with E-state index in [0.29, 0.717) is 18.0 Å². The summed E-state index contributed by atoms with van der Waals surface area (Å²) in [6.07, 6.45) is -8.80. The van der Waals surface area contributed by atoms with Crippen LogP contribution in [0.15, 0.2) is 47.7 Å². The van der Waals surface area contributed by atoms with Crippen LogP contribution in [0.2, 0.25) is 0 Å². The van der Waals surface area contributed by atoms with E-state index in [0.717, 1.165) is 11.8 Å². The Bertz CT molecular complexity index is 1510. The first-order valence-electron chi connectivity index (χ1n) is 13.0. The molecule has 2 atom stereocenters. The topological polar surface area (TPSA) is 128 Å². The van der Waals surface area contributed by atoms with Crippen LogP contribution >= 0.6 is 0 Å². The van der Waals surface area contributed by atoms with Crippen LogP contribution in [0.25, 0.3) is 0 Å². The highest BCUT2D eigenvalue weighted by Gasteiger charge is 2.42. The van der Waals surface area contributed by atoms with Gasteiger partial charge in [0, 0.05) is 45.1 Å². The molecule has 3 aromatic rings. The first-order chi connectivity index (χ1) is 20.3. The number of nitrogens with one attached hydrogen (secondary N) is 1. The fourth-order valence-corrected chi connectivity index (χ4v) is 5.11. The maximum atomic E-state index is 13.8. The molecule has 0 aliphatic carbocycles. The number of amides is 1. The molecule has 0 bridgehead atoms. The van der Waals surface area contributed by atoms with Crippen molar-refractivity contribution < 1.29 is 41.0 Å². The molecule has 17 heteroatoms. The smallest absolute Gasteiger partial charge is 0.381 e. The monoisotopic (exact) mass is 613 g/mol. The Balaban J connectivity index is 1.20. The third kappa shape index (κ3) is 6.41. The molecule has 11 nitrogen and oxygen atoms in total. The zero-order chi connectivity index (χ0) is 30.9. The fraction of sp³-hybridized carbons (Fsp3) is 0.423. The second-order valence-electron chi connectivity index (χ2n) is 9.93. The van der Waals surface area contributed by atoms with Crippen LogP contribution in [0.3, 0.4) is 0 Å². The number of hydrogen-bond acceptors (Lipinski definition) is 9. The van der Waals surface area contributed by atoms with Gasteiger partial charge in [0.1, 0.15) is 5.56 Å². The van der Waals surface area contributed by atoms with Crippen LogP contribution in [0, 0.1) is 0 Å². The third-order valence-corrected chi connectivity index (χ3v) is 7.24. The van der Waals surface area contributed by atoms with Crippen molar-refractivity contribution in [3.05, 3.63) is 75.5 Å². The van der Waals surface area contributed by atoms with Crippen LogP contribution in [0.1, 0.15) is 28.3 Å². The van der Waals surface area contributed by atoms with Crippen LogP contribution < -0.4 is 15.4 Å². The summed E-state index contributed by atoms with van der Waals surface area (Å²) >= 11 is 0. The molecule has 230 valence electrons. The number of rotatable bonds is 7. The number of carbonyl (C=O) groups is 1. The minimum atomic E-state index is -4.95. The van der Waals surface area contributed by atoms with E-state index in [1.807, 2.05) is 5.10 Å². The van der Waals surface area contributed by atoms with Crippen molar-refractivity contribution in [2.45, 2.75) is 31.0 Å². The number of carbonyl (C=O) groups excluding carboxylic acids is 1. The zero-order valence-electron chi connectivity index (χ0n) is 22.3. The first kappa shape index (κ1) is 30.2. The maximum absolute atomic E-state index is 13.8. The van der Waals surface area contributed by atoms with Gasteiger partial charge in [-0.3, -0.25) is 9.59 Å². The zero-order valence-corrected chi connectivity index (χ0v) is 22.3. The summed E-state index contributed by atoms with van der Waals surface area (Å²) < 4.78 is 85.3. The molecule has 1 saturated heterocycles. The van der Waals surface area contributed by atoms with E-state index in [2.05, 4.69) is 15.1 Å². The number of aliphatic hydroxyl groups excluding tert-OH is 1. The summed E-state index contributed by atoms with van der Waals surface area (Å²) in [6, 6.07) is 6.13. The van der Waals surface area contributed by atoms with E-state index in [4.69, 9.17) is 4.74 Å². The minimum absolute atomic E-state index is 0.0484. The number of aliphatic hydroxyl groups is 1. The number of H-pyrrole nitrogens is 1. The molecule has 4 heterocycles. The van der Waals surface area contributed by atoms with Gasteiger partial charge < -0.3 is 24.5 Å². The summed E-state index contributed by atoms with van der Waals surface area (Å²) in [7, 11) is 0. The predicted molar refractivity (Wildman–Crippen MR) is 138 cm³/mol. The van der Waals surface area contributed by atoms with E-state index in [-0.39, 0.29) is 45.3 Å². The van der Waals surface area contributed by atoms with Crippen molar-refractivity contribution in [2.24, 2.45) is 0 Å². The summed E-state index contributed by atoms with van der Waals surface area (Å²) in [5.74, 6) is -0.565. The lowest BCUT2D eigenvalue weighted by molar-refractivity contribution is -0.144. The average molecular weight is 614 g/mol. The Labute approximate surface area is 239 Å². The lowest BCUT2D eigenvalue weighted by atomic mass is 10.1. The van der Waals surface area contributed by atoms with Gasteiger partial charge in [-0.05, 0) is 11.1 Å². The van der Waals surface area contributed by atoms with E-state index in [1.165, 1.54) is 9.80 Å². The molecular formula is C26H25F6N7O4. The lowest BCUT2D eigenvalue weighted by Gasteiger charge is -2.35. The van der Waals surface area contributed by atoms with Gasteiger partial charge in [-0.2, -0.15) is 31.4 Å². The number of aromatic nitrogens is 4. The third-order valence-electron chi connectivity index (χ3n) is 7.24. The molecule has 0 unspecified atom stereocenters. The highest BCUT2D eigenvalue weighted by Crippen LogP contribution is 2.42. The summed E-state index contributed by atoms with van der Waals surface area (Å²) in [5, 5.41) is 15.9. The Morgan fingerprint density at radius 2 is 1.70 bits per heavy atom. The first-order valence-corrected chi connectivity index (χ1v) is 13.0. The molecule has 2 aliphatic heterocycles. The number of anilines is 2. The van der Waals surface area contributed by atoms with Crippen molar-refractivity contribution in [3.63, 3.8) is 0 Å². The molecule has 2 N–H and O–H groups in total. The number of nitrogens with zero attached hydrogens (tertiary/aromatic N) is 6. The quantitative estimate of drug-likeness (QED) is 0.386. The van der Waals surface area contributed by atoms with Gasteiger partial charge in [0.25, 0.3) is 11.5 Å². The van der Waals surface area contributed by atoms with Gasteiger partial charge in [-0.25, -0.2) is 15.1 Å². The SMILES string of the molecule is O=C([C@H](O)COC[C@@H]1c2ccccc2CN1c1cn[nH]c(=O)c1C(F)(F)F)N1CCN(c2ncc(C(F)(F)F)cn2)CC1. The van der Waals surface area contributed by atoms with Crippen LogP contribution in [-0.2, 0) is 28.4 Å². The second-order valence-corrected chi connectivity index (χ2v) is 9.93. The molecule has 2 aliphatic rings. The van der Waals surface area contributed by atoms with Crippen molar-refractivity contribution in [1.82, 2.24) is 25.1 Å². The molecule has 1 aromatic carbocycles. The number of hydrogen-bond donors (Lipinski definition) is 2. The Kier molecular flexibility index (Phi) is 8.29. The molecule has 5 rings (SSSR count). The second kappa shape index (κ2) is 11.8. The predicted octanol–water partition coefficient (Wildman–Crippen LogP) is 2.39. The van der Waals surface area contributed by atoms with Crippen LogP contribution in [0.4, 0.5) is 38.0 Å². The largest absolute Gasteiger partial charge is 0.423 e. The summed E-state index contributed by atoms with van der Waals surface area (Å²) in [4.78, 5) is 36.8. The molecular weight excluding hydrogens is 588 g/mol. The number of benzene rings is 1. The van der Waals surface area contributed by atoms with Gasteiger partial charge in [0.2, 0.25) is 5.95 Å². The lowest BCUT2D eigenvalue weighted by Crippen LogP contribution is -2.52. The Hall–Kier alpha value is -4.25. The standard InChI is InChI=1S/C26H25F6N7O4/c27-25(28,29)16-9-33-24(34-10-16)38-7-5-37(6-8-38)23(42)20(40)14-43-13-19-17-4-2-1-3-15(17)12-39(19)18-11-35-36-22(41)21(18)26(30,31)32/h1-4,9-11,19-20,40H,5-8,12-14H2,(H,36,41)/t19-,20-/m1/s1. The number of alkyl halides is 6. The average Bonchev–Trinajstić information content (AvgIpc) is 3.34. The van der Waals surface area contributed by atoms with Gasteiger partial charge >= 0.3 is 12.4 Å². The maximum Gasteiger partial charge on any atom is 0.423 e. The van der Waals surface area contributed by atoms with Crippen LogP contribution in [0.5, 0.6) is 0 Å². The van der Waals surface area contributed by atoms with Gasteiger partial charge in [-0.1, -0.05) is 24.3 Å². The van der Waals surface area contributed by atoms with Crippen LogP contribution in [-0.4, -0.2) is 81.6 Å². The summed E-state index contributed by atoms with van der Waals surface area (Å²) in [6.45, 7) is 0.0961. The number of piperazine rings is 1. The van der Waals surface area contributed by atoms with E-state index < -0.39 is 59.4 Å². The Morgan fingerprint density at radius 1 is 1.02 bits per heavy atom. The molecule has 2 aromatic heterocycles. The summed E-state index contributed by atoms with van der Waals surface area (Å²) in [5.41, 5.74) is -2.79. The van der Waals surface area contributed by atoms with Crippen molar-refractivity contribution in [2.75, 3.05) is 49.2 Å². The van der Waals surface area contributed by atoms with Gasteiger partial charge in [0.05, 0.1) is 36.7 Å². The molecule has 0 spiro atoms. The molecule has 1 fully saturated rings. The van der Waals surface area contributed by atoms with E-state index >= 15 is 0 Å². The highest BCUT2D eigenvalue weighted by atomic mass is 19.4. The van der Waals surface area contributed by atoms with Crippen molar-refractivity contribution in [1.29, 1.82) is 0 Å². The van der Waals surface area contributed by atoms with E-state index in [1.54, 1.807) is 29.2 Å². The van der Waals surface area contributed by atoms with Gasteiger partial charge in [0.15, 0.2) is 6.10 Å². The fourth-order valence-electron chi connectivity index (χ4n) is 5.11. The Morgan fingerprint density at radius 3 is 2.35 bits per heavy atom. The van der Waals surface area contributed by atoms with Crippen molar-refractivity contribution in [3.8, 4) is 0 Å². The van der Waals surface area contributed by atoms with E-state index in [9.17, 15) is 41.0 Å². The highest BCUT2D eigenvalue weighted by molar-refractivity contribution is 5.81. The molecule has 1 amide bonds. The number of halogens is 6. The van der Waals surface area contributed by atoms with Crippen molar-refractivity contribution >= 4 is 17.5 Å². The molecule has 0 radical (unpaired) electrons. The minimum Gasteiger partial charge on any atom is -0.381 e.